The van der Waals surface area contributed by atoms with Crippen LogP contribution >= 0.6 is 27.5 Å². The molecule has 92 valence electrons. The third-order valence-corrected chi connectivity index (χ3v) is 3.78. The molecule has 16 heavy (non-hydrogen) atoms. The first-order chi connectivity index (χ1) is 7.70. The fraction of sp³-hybridized carbons (Fsp3) is 0.727. The Balaban J connectivity index is 2.46. The Morgan fingerprint density at radius 2 is 2.19 bits per heavy atom. The number of hydrogen-bond acceptors (Lipinski definition) is 2. The first-order valence-electron chi connectivity index (χ1n) is 5.69. The lowest BCUT2D eigenvalue weighted by atomic mass is 10.3. The zero-order valence-electron chi connectivity index (χ0n) is 9.89. The maximum Gasteiger partial charge on any atom is 0.0739 e. The second-order valence-corrected chi connectivity index (χ2v) is 4.91. The molecule has 3 nitrogen and oxygen atoms in total. The number of unbranched alkanes of at least 4 members (excludes halogenated alkanes) is 1. The van der Waals surface area contributed by atoms with E-state index in [-0.39, 0.29) is 0 Å². The van der Waals surface area contributed by atoms with Gasteiger partial charge in [-0.15, -0.1) is 11.6 Å². The highest BCUT2D eigenvalue weighted by Gasteiger charge is 2.10. The monoisotopic (exact) mass is 307 g/mol. The second-order valence-electron chi connectivity index (χ2n) is 3.73. The highest BCUT2D eigenvalue weighted by atomic mass is 79.9. The summed E-state index contributed by atoms with van der Waals surface area (Å²) in [6.45, 7) is 6.90. The minimum Gasteiger partial charge on any atom is -0.311 e. The summed E-state index contributed by atoms with van der Waals surface area (Å²) >= 11 is 9.20. The standard InChI is InChI=1S/C11H19BrClN3/c1-3-16-10(11(12)9(2)15-16)8-14-7-5-4-6-13/h14H,3-8H2,1-2H3. The van der Waals surface area contributed by atoms with E-state index in [2.05, 4.69) is 33.3 Å². The van der Waals surface area contributed by atoms with Crippen LogP contribution in [-0.2, 0) is 13.1 Å². The van der Waals surface area contributed by atoms with Gasteiger partial charge in [-0.05, 0) is 49.2 Å². The molecule has 0 bridgehead atoms. The maximum absolute atomic E-state index is 5.62. The summed E-state index contributed by atoms with van der Waals surface area (Å²) in [6, 6.07) is 0. The van der Waals surface area contributed by atoms with E-state index in [4.69, 9.17) is 11.6 Å². The largest absolute Gasteiger partial charge is 0.311 e. The topological polar surface area (TPSA) is 29.9 Å². The van der Waals surface area contributed by atoms with Gasteiger partial charge in [0.05, 0.1) is 15.9 Å². The van der Waals surface area contributed by atoms with Crippen molar-refractivity contribution < 1.29 is 0 Å². The van der Waals surface area contributed by atoms with E-state index in [1.807, 2.05) is 11.6 Å². The molecule has 0 radical (unpaired) electrons. The van der Waals surface area contributed by atoms with Gasteiger partial charge in [-0.1, -0.05) is 0 Å². The van der Waals surface area contributed by atoms with Crippen LogP contribution in [0.2, 0.25) is 0 Å². The van der Waals surface area contributed by atoms with E-state index in [1.54, 1.807) is 0 Å². The molecule has 0 atom stereocenters. The molecule has 0 spiro atoms. The van der Waals surface area contributed by atoms with Gasteiger partial charge >= 0.3 is 0 Å². The fourth-order valence-electron chi connectivity index (χ4n) is 1.59. The zero-order valence-corrected chi connectivity index (χ0v) is 12.2. The fourth-order valence-corrected chi connectivity index (χ4v) is 2.20. The number of alkyl halides is 1. The first kappa shape index (κ1) is 14.0. The van der Waals surface area contributed by atoms with Crippen molar-refractivity contribution in [3.63, 3.8) is 0 Å². The van der Waals surface area contributed by atoms with E-state index < -0.39 is 0 Å². The Morgan fingerprint density at radius 3 is 2.81 bits per heavy atom. The van der Waals surface area contributed by atoms with Gasteiger partial charge in [0, 0.05) is 19.0 Å². The summed E-state index contributed by atoms with van der Waals surface area (Å²) < 4.78 is 3.16. The van der Waals surface area contributed by atoms with Crippen molar-refractivity contribution in [1.82, 2.24) is 15.1 Å². The average Bonchev–Trinajstić information content (AvgIpc) is 2.56. The van der Waals surface area contributed by atoms with Crippen LogP contribution in [0.5, 0.6) is 0 Å². The number of aromatic nitrogens is 2. The molecule has 1 aromatic rings. The number of aryl methyl sites for hydroxylation is 2. The molecule has 0 aliphatic rings. The number of rotatable bonds is 7. The summed E-state index contributed by atoms with van der Waals surface area (Å²) in [5.74, 6) is 0.747. The van der Waals surface area contributed by atoms with Gasteiger partial charge < -0.3 is 5.32 Å². The molecule has 0 saturated heterocycles. The molecule has 0 aromatic carbocycles. The predicted molar refractivity (Wildman–Crippen MR) is 72.0 cm³/mol. The Bertz CT molecular complexity index is 325. The minimum absolute atomic E-state index is 0.747. The van der Waals surface area contributed by atoms with Crippen molar-refractivity contribution in [2.24, 2.45) is 0 Å². The van der Waals surface area contributed by atoms with Crippen molar-refractivity contribution in [2.45, 2.75) is 39.8 Å². The summed E-state index contributed by atoms with van der Waals surface area (Å²) in [7, 11) is 0. The lowest BCUT2D eigenvalue weighted by Gasteiger charge is -2.07. The van der Waals surface area contributed by atoms with Gasteiger partial charge in [-0.2, -0.15) is 5.10 Å². The molecule has 1 N–H and O–H groups in total. The van der Waals surface area contributed by atoms with E-state index in [0.29, 0.717) is 0 Å². The van der Waals surface area contributed by atoms with Crippen LogP contribution in [-0.4, -0.2) is 22.2 Å². The highest BCUT2D eigenvalue weighted by Crippen LogP contribution is 2.20. The van der Waals surface area contributed by atoms with Gasteiger partial charge in [-0.3, -0.25) is 4.68 Å². The van der Waals surface area contributed by atoms with Gasteiger partial charge in [0.25, 0.3) is 0 Å². The van der Waals surface area contributed by atoms with Crippen molar-refractivity contribution in [1.29, 1.82) is 0 Å². The van der Waals surface area contributed by atoms with Crippen LogP contribution in [0.3, 0.4) is 0 Å². The number of nitrogens with one attached hydrogen (secondary N) is 1. The lowest BCUT2D eigenvalue weighted by molar-refractivity contribution is 0.569. The second kappa shape index (κ2) is 7.30. The van der Waals surface area contributed by atoms with Crippen molar-refractivity contribution in [3.05, 3.63) is 15.9 Å². The Hall–Kier alpha value is -0.0600. The maximum atomic E-state index is 5.62. The lowest BCUT2D eigenvalue weighted by Crippen LogP contribution is -2.18. The van der Waals surface area contributed by atoms with E-state index in [9.17, 15) is 0 Å². The highest BCUT2D eigenvalue weighted by molar-refractivity contribution is 9.10. The molecule has 0 aliphatic heterocycles. The minimum atomic E-state index is 0.747. The number of halogens is 2. The summed E-state index contributed by atoms with van der Waals surface area (Å²) in [6.07, 6.45) is 2.20. The molecule has 0 aliphatic carbocycles. The molecule has 1 rings (SSSR count). The van der Waals surface area contributed by atoms with Crippen LogP contribution in [0, 0.1) is 6.92 Å². The summed E-state index contributed by atoms with van der Waals surface area (Å²) in [5, 5.41) is 7.87. The van der Waals surface area contributed by atoms with Crippen molar-refractivity contribution in [3.8, 4) is 0 Å². The molecule has 0 fully saturated rings. The Kier molecular flexibility index (Phi) is 6.39. The zero-order chi connectivity index (χ0) is 12.0. The summed E-state index contributed by atoms with van der Waals surface area (Å²) in [4.78, 5) is 0. The van der Waals surface area contributed by atoms with Gasteiger partial charge in [0.1, 0.15) is 0 Å². The molecule has 1 aromatic heterocycles. The average molecular weight is 309 g/mol. The molecule has 0 amide bonds. The van der Waals surface area contributed by atoms with Crippen LogP contribution in [0.4, 0.5) is 0 Å². The smallest absolute Gasteiger partial charge is 0.0739 e. The third kappa shape index (κ3) is 3.75. The first-order valence-corrected chi connectivity index (χ1v) is 7.01. The summed E-state index contributed by atoms with van der Waals surface area (Å²) in [5.41, 5.74) is 2.28. The van der Waals surface area contributed by atoms with Gasteiger partial charge in [0.15, 0.2) is 0 Å². The van der Waals surface area contributed by atoms with Gasteiger partial charge in [-0.25, -0.2) is 0 Å². The molecule has 0 saturated carbocycles. The predicted octanol–water partition coefficient (Wildman–Crippen LogP) is 3.08. The van der Waals surface area contributed by atoms with E-state index in [0.717, 1.165) is 48.5 Å². The third-order valence-electron chi connectivity index (χ3n) is 2.48. The van der Waals surface area contributed by atoms with Crippen LogP contribution in [0.25, 0.3) is 0 Å². The van der Waals surface area contributed by atoms with E-state index in [1.165, 1.54) is 5.69 Å². The van der Waals surface area contributed by atoms with Crippen LogP contribution < -0.4 is 5.32 Å². The number of hydrogen-bond donors (Lipinski definition) is 1. The number of nitrogens with zero attached hydrogens (tertiary/aromatic N) is 2. The molecular weight excluding hydrogens is 289 g/mol. The molecular formula is C11H19BrClN3. The molecule has 0 unspecified atom stereocenters. The van der Waals surface area contributed by atoms with Crippen molar-refractivity contribution in [2.75, 3.05) is 12.4 Å². The van der Waals surface area contributed by atoms with Gasteiger partial charge in [0.2, 0.25) is 0 Å². The Labute approximate surface area is 111 Å². The molecule has 5 heteroatoms. The Morgan fingerprint density at radius 1 is 1.44 bits per heavy atom. The van der Waals surface area contributed by atoms with Crippen LogP contribution in [0.15, 0.2) is 4.47 Å². The van der Waals surface area contributed by atoms with Crippen LogP contribution in [0.1, 0.15) is 31.2 Å². The molecule has 1 heterocycles. The quantitative estimate of drug-likeness (QED) is 0.620. The van der Waals surface area contributed by atoms with Crippen molar-refractivity contribution >= 4 is 27.5 Å². The van der Waals surface area contributed by atoms with E-state index >= 15 is 0 Å². The SMILES string of the molecule is CCn1nc(C)c(Br)c1CNCCCCCl. The normalized spacial score (nSPS) is 11.0.